The predicted molar refractivity (Wildman–Crippen MR) is 73.4 cm³/mol. The Morgan fingerprint density at radius 1 is 1.50 bits per heavy atom. The molecule has 0 radical (unpaired) electrons. The highest BCUT2D eigenvalue weighted by molar-refractivity contribution is 8.15. The van der Waals surface area contributed by atoms with Crippen LogP contribution in [0.4, 0.5) is 5.69 Å². The summed E-state index contributed by atoms with van der Waals surface area (Å²) >= 11 is 1.43. The number of rotatable bonds is 3. The van der Waals surface area contributed by atoms with Crippen LogP contribution in [0.3, 0.4) is 0 Å². The summed E-state index contributed by atoms with van der Waals surface area (Å²) in [6.45, 7) is 3.49. The van der Waals surface area contributed by atoms with E-state index >= 15 is 0 Å². The van der Waals surface area contributed by atoms with Gasteiger partial charge in [0.05, 0.1) is 10.9 Å². The maximum absolute atomic E-state index is 11.5. The maximum atomic E-state index is 11.5. The van der Waals surface area contributed by atoms with Gasteiger partial charge in [-0.1, -0.05) is 30.8 Å². The van der Waals surface area contributed by atoms with Gasteiger partial charge in [-0.25, -0.2) is 4.99 Å². The molecule has 1 atom stereocenters. The summed E-state index contributed by atoms with van der Waals surface area (Å²) in [4.78, 5) is 27.1. The molecule has 0 aromatic heterocycles. The molecule has 0 bridgehead atoms. The smallest absolute Gasteiger partial charge is 0.239 e. The number of aliphatic imine (C=N–C) groups is 1. The topological polar surface area (TPSA) is 58.5 Å². The molecule has 94 valence electrons. The summed E-state index contributed by atoms with van der Waals surface area (Å²) in [5.74, 6) is 0.00979. The van der Waals surface area contributed by atoms with Crippen molar-refractivity contribution >= 4 is 34.3 Å². The van der Waals surface area contributed by atoms with E-state index in [4.69, 9.17) is 0 Å². The van der Waals surface area contributed by atoms with E-state index < -0.39 is 0 Å². The van der Waals surface area contributed by atoms with Crippen LogP contribution in [0.1, 0.15) is 30.6 Å². The molecule has 1 aromatic carbocycles. The Kier molecular flexibility index (Phi) is 3.81. The van der Waals surface area contributed by atoms with E-state index in [9.17, 15) is 9.59 Å². The molecule has 5 heteroatoms. The van der Waals surface area contributed by atoms with Crippen LogP contribution in [-0.2, 0) is 4.79 Å². The predicted octanol–water partition coefficient (Wildman–Crippen LogP) is 2.52. The number of amidine groups is 1. The van der Waals surface area contributed by atoms with E-state index in [0.29, 0.717) is 16.4 Å². The van der Waals surface area contributed by atoms with Gasteiger partial charge in [-0.3, -0.25) is 9.59 Å². The Hall–Kier alpha value is -1.62. The number of amides is 1. The fourth-order valence-corrected chi connectivity index (χ4v) is 2.56. The lowest BCUT2D eigenvalue weighted by Crippen LogP contribution is -2.24. The van der Waals surface area contributed by atoms with Crippen LogP contribution in [0.2, 0.25) is 0 Å². The average molecular weight is 262 g/mol. The molecule has 4 nitrogen and oxygen atoms in total. The first-order chi connectivity index (χ1) is 8.60. The highest BCUT2D eigenvalue weighted by Crippen LogP contribution is 2.25. The second kappa shape index (κ2) is 5.35. The Morgan fingerprint density at radius 2 is 2.28 bits per heavy atom. The SMILES string of the molecule is CC[C@@H]1SC(=Nc2cccc(C(C)=O)c2)NC1=O. The number of Topliss-reactive ketones (excluding diaryl/α,β-unsaturated/α-hetero) is 1. The van der Waals surface area contributed by atoms with E-state index in [-0.39, 0.29) is 16.9 Å². The molecule has 1 aliphatic rings. The van der Waals surface area contributed by atoms with Gasteiger partial charge in [0.15, 0.2) is 11.0 Å². The number of hydrogen-bond acceptors (Lipinski definition) is 4. The van der Waals surface area contributed by atoms with E-state index in [1.54, 1.807) is 18.2 Å². The molecule has 0 spiro atoms. The largest absolute Gasteiger partial charge is 0.304 e. The van der Waals surface area contributed by atoms with Gasteiger partial charge >= 0.3 is 0 Å². The standard InChI is InChI=1S/C13H14N2O2S/c1-3-11-12(17)15-13(18-11)14-10-6-4-5-9(7-10)8(2)16/h4-7,11H,3H2,1-2H3,(H,14,15,17)/t11-/m0/s1. The maximum Gasteiger partial charge on any atom is 0.239 e. The van der Waals surface area contributed by atoms with Crippen LogP contribution >= 0.6 is 11.8 Å². The minimum Gasteiger partial charge on any atom is -0.304 e. The van der Waals surface area contributed by atoms with Crippen molar-refractivity contribution in [1.29, 1.82) is 0 Å². The van der Waals surface area contributed by atoms with Crippen molar-refractivity contribution in [2.45, 2.75) is 25.5 Å². The van der Waals surface area contributed by atoms with E-state index in [0.717, 1.165) is 6.42 Å². The molecule has 1 fully saturated rings. The fourth-order valence-electron chi connectivity index (χ4n) is 1.64. The average Bonchev–Trinajstić information content (AvgIpc) is 2.69. The molecular weight excluding hydrogens is 248 g/mol. The van der Waals surface area contributed by atoms with Crippen molar-refractivity contribution in [2.75, 3.05) is 0 Å². The number of thioether (sulfide) groups is 1. The van der Waals surface area contributed by atoms with Crippen LogP contribution in [0.25, 0.3) is 0 Å². The zero-order valence-corrected chi connectivity index (χ0v) is 11.1. The molecule has 1 aromatic rings. The molecule has 1 saturated heterocycles. The summed E-state index contributed by atoms with van der Waals surface area (Å²) in [6, 6.07) is 7.07. The molecule has 1 N–H and O–H groups in total. The van der Waals surface area contributed by atoms with Gasteiger partial charge in [-0.05, 0) is 25.5 Å². The molecule has 1 aliphatic heterocycles. The quantitative estimate of drug-likeness (QED) is 0.851. The van der Waals surface area contributed by atoms with E-state index in [1.807, 2.05) is 13.0 Å². The number of carbonyl (C=O) groups is 2. The van der Waals surface area contributed by atoms with Crippen molar-refractivity contribution in [3.05, 3.63) is 29.8 Å². The van der Waals surface area contributed by atoms with Gasteiger partial charge in [-0.15, -0.1) is 0 Å². The Bertz CT molecular complexity index is 525. The van der Waals surface area contributed by atoms with E-state index in [2.05, 4.69) is 10.3 Å². The Labute approximate surface area is 110 Å². The molecule has 0 saturated carbocycles. The van der Waals surface area contributed by atoms with Gasteiger partial charge in [0, 0.05) is 5.56 Å². The lowest BCUT2D eigenvalue weighted by molar-refractivity contribution is -0.118. The first-order valence-corrected chi connectivity index (χ1v) is 6.65. The van der Waals surface area contributed by atoms with Crippen LogP contribution in [0.5, 0.6) is 0 Å². The van der Waals surface area contributed by atoms with Gasteiger partial charge in [0.2, 0.25) is 5.91 Å². The number of nitrogens with one attached hydrogen (secondary N) is 1. The number of carbonyl (C=O) groups excluding carboxylic acids is 2. The van der Waals surface area contributed by atoms with Crippen LogP contribution in [0.15, 0.2) is 29.3 Å². The van der Waals surface area contributed by atoms with Crippen molar-refractivity contribution in [2.24, 2.45) is 4.99 Å². The monoisotopic (exact) mass is 262 g/mol. The third kappa shape index (κ3) is 2.79. The number of benzene rings is 1. The molecule has 0 aliphatic carbocycles. The first kappa shape index (κ1) is 12.8. The molecule has 1 heterocycles. The molecule has 18 heavy (non-hydrogen) atoms. The third-order valence-electron chi connectivity index (χ3n) is 2.63. The summed E-state index contributed by atoms with van der Waals surface area (Å²) in [5, 5.41) is 3.29. The zero-order chi connectivity index (χ0) is 13.1. The van der Waals surface area contributed by atoms with Crippen molar-refractivity contribution in [3.8, 4) is 0 Å². The molecule has 2 rings (SSSR count). The van der Waals surface area contributed by atoms with Gasteiger partial charge in [0.25, 0.3) is 0 Å². The zero-order valence-electron chi connectivity index (χ0n) is 10.3. The Morgan fingerprint density at radius 3 is 2.89 bits per heavy atom. The van der Waals surface area contributed by atoms with E-state index in [1.165, 1.54) is 18.7 Å². The highest BCUT2D eigenvalue weighted by atomic mass is 32.2. The van der Waals surface area contributed by atoms with Gasteiger partial charge in [0.1, 0.15) is 0 Å². The second-order valence-electron chi connectivity index (χ2n) is 4.03. The lowest BCUT2D eigenvalue weighted by Gasteiger charge is -1.99. The highest BCUT2D eigenvalue weighted by Gasteiger charge is 2.28. The van der Waals surface area contributed by atoms with Crippen LogP contribution < -0.4 is 5.32 Å². The van der Waals surface area contributed by atoms with Crippen molar-refractivity contribution in [3.63, 3.8) is 0 Å². The van der Waals surface area contributed by atoms with Crippen molar-refractivity contribution in [1.82, 2.24) is 5.32 Å². The van der Waals surface area contributed by atoms with Crippen LogP contribution in [-0.4, -0.2) is 22.1 Å². The normalized spacial score (nSPS) is 21.1. The second-order valence-corrected chi connectivity index (χ2v) is 5.22. The summed E-state index contributed by atoms with van der Waals surface area (Å²) in [7, 11) is 0. The fraction of sp³-hybridized carbons (Fsp3) is 0.308. The summed E-state index contributed by atoms with van der Waals surface area (Å²) in [5.41, 5.74) is 1.31. The van der Waals surface area contributed by atoms with Crippen molar-refractivity contribution < 1.29 is 9.59 Å². The minimum absolute atomic E-state index is 0.00368. The summed E-state index contributed by atoms with van der Waals surface area (Å²) in [6.07, 6.45) is 0.781. The third-order valence-corrected chi connectivity index (χ3v) is 3.88. The van der Waals surface area contributed by atoms with Gasteiger partial charge in [-0.2, -0.15) is 0 Å². The minimum atomic E-state index is -0.0558. The number of hydrogen-bond donors (Lipinski definition) is 1. The number of ketones is 1. The Balaban J connectivity index is 2.21. The molecule has 0 unspecified atom stereocenters. The number of nitrogens with zero attached hydrogens (tertiary/aromatic N) is 1. The molecule has 1 amide bonds. The molecular formula is C13H14N2O2S. The first-order valence-electron chi connectivity index (χ1n) is 5.77. The van der Waals surface area contributed by atoms with Crippen LogP contribution in [0, 0.1) is 0 Å². The van der Waals surface area contributed by atoms with Gasteiger partial charge < -0.3 is 5.32 Å². The summed E-state index contributed by atoms with van der Waals surface area (Å²) < 4.78 is 0. The lowest BCUT2D eigenvalue weighted by atomic mass is 10.1.